The maximum Gasteiger partial charge on any atom is 0.220 e. The van der Waals surface area contributed by atoms with Crippen LogP contribution in [0.5, 0.6) is 0 Å². The van der Waals surface area contributed by atoms with Crippen LogP contribution in [0.15, 0.2) is 24.5 Å². The van der Waals surface area contributed by atoms with Gasteiger partial charge in [-0.15, -0.1) is 11.3 Å². The molecule has 2 aromatic heterocycles. The van der Waals surface area contributed by atoms with Crippen molar-refractivity contribution in [2.45, 2.75) is 89.7 Å². The van der Waals surface area contributed by atoms with Gasteiger partial charge in [-0.1, -0.05) is 33.1 Å². The number of carbonyl (C=O) groups excluding carboxylic acids is 1. The van der Waals surface area contributed by atoms with Gasteiger partial charge in [0.2, 0.25) is 5.91 Å². The van der Waals surface area contributed by atoms with E-state index in [9.17, 15) is 15.0 Å². The van der Waals surface area contributed by atoms with Gasteiger partial charge in [0.1, 0.15) is 5.01 Å². The molecule has 2 fully saturated rings. The number of nitrogens with zero attached hydrogens (tertiary/aromatic N) is 2. The van der Waals surface area contributed by atoms with Crippen LogP contribution in [0, 0.1) is 16.7 Å². The minimum absolute atomic E-state index is 0.0371. The fourth-order valence-electron chi connectivity index (χ4n) is 6.98. The number of hydrogen-bond acceptors (Lipinski definition) is 6. The fraction of sp³-hybridized carbons (Fsp3) is 0.667. The van der Waals surface area contributed by atoms with Gasteiger partial charge < -0.3 is 15.5 Å². The largest absolute Gasteiger partial charge is 0.396 e. The Balaban J connectivity index is 1.52. The van der Waals surface area contributed by atoms with E-state index in [0.717, 1.165) is 41.9 Å². The van der Waals surface area contributed by atoms with Gasteiger partial charge >= 0.3 is 0 Å². The summed E-state index contributed by atoms with van der Waals surface area (Å²) >= 11 is 1.68. The SMILES string of the molecule is C[C@]1(CO)[C@H]2Cc3sc(-c4cccnc4)nc3[C@@H](CC(=O)NC3CCCCC3)[C@]2(C)CC[C@H]1O. The van der Waals surface area contributed by atoms with Gasteiger partial charge in [0.15, 0.2) is 0 Å². The number of hydrogen-bond donors (Lipinski definition) is 3. The Morgan fingerprint density at radius 2 is 2.03 bits per heavy atom. The standard InChI is InChI=1S/C27H37N3O3S/c1-26-11-10-22(32)27(2,16-31)21(26)14-20-24(30-25(34-20)17-7-6-12-28-15-17)19(26)13-23(33)29-18-8-4-3-5-9-18/h6-7,12,15,18-19,21-22,31-32H,3-5,8-11,13-14,16H2,1-2H3,(H,29,33)/t19-,21+,22-,26+,27+/m1/s1. The van der Waals surface area contributed by atoms with Crippen molar-refractivity contribution in [1.29, 1.82) is 0 Å². The number of pyridine rings is 1. The summed E-state index contributed by atoms with van der Waals surface area (Å²) < 4.78 is 0. The fourth-order valence-corrected chi connectivity index (χ4v) is 8.14. The van der Waals surface area contributed by atoms with E-state index in [1.165, 1.54) is 24.1 Å². The quantitative estimate of drug-likeness (QED) is 0.584. The number of carbonyl (C=O) groups is 1. The summed E-state index contributed by atoms with van der Waals surface area (Å²) in [6, 6.07) is 4.23. The third kappa shape index (κ3) is 4.10. The lowest BCUT2D eigenvalue weighted by molar-refractivity contribution is -0.144. The molecule has 0 unspecified atom stereocenters. The lowest BCUT2D eigenvalue weighted by Crippen LogP contribution is -2.57. The van der Waals surface area contributed by atoms with E-state index in [0.29, 0.717) is 12.8 Å². The molecule has 0 bridgehead atoms. The van der Waals surface area contributed by atoms with E-state index in [1.807, 2.05) is 25.3 Å². The third-order valence-corrected chi connectivity index (χ3v) is 10.3. The Kier molecular flexibility index (Phi) is 6.55. The first-order chi connectivity index (χ1) is 16.3. The van der Waals surface area contributed by atoms with Gasteiger partial charge in [-0.2, -0.15) is 0 Å². The minimum atomic E-state index is -0.596. The van der Waals surface area contributed by atoms with Gasteiger partial charge in [-0.25, -0.2) is 4.98 Å². The van der Waals surface area contributed by atoms with Crippen LogP contribution in [0.2, 0.25) is 0 Å². The minimum Gasteiger partial charge on any atom is -0.396 e. The Labute approximate surface area is 206 Å². The molecule has 0 radical (unpaired) electrons. The van der Waals surface area contributed by atoms with Gasteiger partial charge in [0.25, 0.3) is 0 Å². The van der Waals surface area contributed by atoms with Crippen LogP contribution >= 0.6 is 11.3 Å². The molecule has 6 nitrogen and oxygen atoms in total. The maximum absolute atomic E-state index is 13.3. The number of nitrogens with one attached hydrogen (secondary N) is 1. The van der Waals surface area contributed by atoms with Crippen LogP contribution in [0.1, 0.15) is 81.7 Å². The number of aromatic nitrogens is 2. The van der Waals surface area contributed by atoms with Crippen LogP contribution in [0.25, 0.3) is 10.6 Å². The molecule has 3 N–H and O–H groups in total. The molecule has 5 rings (SSSR count). The Morgan fingerprint density at radius 3 is 2.74 bits per heavy atom. The smallest absolute Gasteiger partial charge is 0.220 e. The molecule has 0 spiro atoms. The molecular weight excluding hydrogens is 446 g/mol. The number of rotatable bonds is 5. The summed E-state index contributed by atoms with van der Waals surface area (Å²) in [5.41, 5.74) is 1.22. The summed E-state index contributed by atoms with van der Waals surface area (Å²) in [7, 11) is 0. The topological polar surface area (TPSA) is 95.3 Å². The zero-order chi connectivity index (χ0) is 23.9. The highest BCUT2D eigenvalue weighted by molar-refractivity contribution is 7.15. The predicted octanol–water partition coefficient (Wildman–Crippen LogP) is 4.46. The number of aliphatic hydroxyl groups is 2. The van der Waals surface area contributed by atoms with E-state index < -0.39 is 11.5 Å². The van der Waals surface area contributed by atoms with Crippen LogP contribution in [-0.4, -0.2) is 44.8 Å². The average Bonchev–Trinajstić information content (AvgIpc) is 3.28. The molecule has 2 saturated carbocycles. The highest BCUT2D eigenvalue weighted by Gasteiger charge is 2.59. The summed E-state index contributed by atoms with van der Waals surface area (Å²) in [6.45, 7) is 4.23. The maximum atomic E-state index is 13.3. The van der Waals surface area contributed by atoms with E-state index in [1.54, 1.807) is 17.5 Å². The van der Waals surface area contributed by atoms with Crippen molar-refractivity contribution in [3.05, 3.63) is 35.1 Å². The lowest BCUT2D eigenvalue weighted by Gasteiger charge is -2.58. The summed E-state index contributed by atoms with van der Waals surface area (Å²) in [6.07, 6.45) is 11.5. The number of thiazole rings is 1. The predicted molar refractivity (Wildman–Crippen MR) is 133 cm³/mol. The highest BCUT2D eigenvalue weighted by Crippen LogP contribution is 2.62. The molecule has 0 saturated heterocycles. The van der Waals surface area contributed by atoms with E-state index in [4.69, 9.17) is 4.98 Å². The van der Waals surface area contributed by atoms with Crippen molar-refractivity contribution in [2.75, 3.05) is 6.61 Å². The molecule has 2 aromatic rings. The van der Waals surface area contributed by atoms with Crippen LogP contribution in [0.4, 0.5) is 0 Å². The lowest BCUT2D eigenvalue weighted by atomic mass is 9.47. The van der Waals surface area contributed by atoms with Crippen molar-refractivity contribution in [1.82, 2.24) is 15.3 Å². The molecule has 3 aliphatic rings. The van der Waals surface area contributed by atoms with Crippen LogP contribution in [0.3, 0.4) is 0 Å². The van der Waals surface area contributed by atoms with Gasteiger partial charge in [-0.3, -0.25) is 9.78 Å². The second-order valence-corrected chi connectivity index (χ2v) is 12.3. The molecule has 7 heteroatoms. The summed E-state index contributed by atoms with van der Waals surface area (Å²) in [5, 5.41) is 25.6. The van der Waals surface area contributed by atoms with E-state index in [2.05, 4.69) is 17.2 Å². The molecule has 5 atom stereocenters. The third-order valence-electron chi connectivity index (χ3n) is 9.16. The first kappa shape index (κ1) is 23.9. The monoisotopic (exact) mass is 483 g/mol. The molecule has 0 aromatic carbocycles. The van der Waals surface area contributed by atoms with Crippen LogP contribution < -0.4 is 5.32 Å². The van der Waals surface area contributed by atoms with Crippen molar-refractivity contribution in [2.24, 2.45) is 16.7 Å². The number of aliphatic hydroxyl groups excluding tert-OH is 2. The molecule has 3 aliphatic carbocycles. The second kappa shape index (κ2) is 9.32. The first-order valence-corrected chi connectivity index (χ1v) is 13.6. The van der Waals surface area contributed by atoms with Gasteiger partial charge in [-0.05, 0) is 55.6 Å². The summed E-state index contributed by atoms with van der Waals surface area (Å²) in [4.78, 5) is 23.9. The molecular formula is C27H37N3O3S. The Hall–Kier alpha value is -1.83. The van der Waals surface area contributed by atoms with E-state index in [-0.39, 0.29) is 35.8 Å². The zero-order valence-electron chi connectivity index (χ0n) is 20.3. The first-order valence-electron chi connectivity index (χ1n) is 12.8. The molecule has 184 valence electrons. The average molecular weight is 484 g/mol. The second-order valence-electron chi connectivity index (χ2n) is 11.2. The van der Waals surface area contributed by atoms with Crippen LogP contribution in [-0.2, 0) is 11.2 Å². The van der Waals surface area contributed by atoms with Crippen molar-refractivity contribution in [3.63, 3.8) is 0 Å². The molecule has 2 heterocycles. The molecule has 1 amide bonds. The van der Waals surface area contributed by atoms with E-state index >= 15 is 0 Å². The van der Waals surface area contributed by atoms with Gasteiger partial charge in [0.05, 0.1) is 18.4 Å². The highest BCUT2D eigenvalue weighted by atomic mass is 32.1. The molecule has 34 heavy (non-hydrogen) atoms. The van der Waals surface area contributed by atoms with Crippen molar-refractivity contribution < 1.29 is 15.0 Å². The van der Waals surface area contributed by atoms with Crippen molar-refractivity contribution in [3.8, 4) is 10.6 Å². The summed E-state index contributed by atoms with van der Waals surface area (Å²) in [5.74, 6) is 0.151. The molecule has 0 aliphatic heterocycles. The van der Waals surface area contributed by atoms with Crippen molar-refractivity contribution >= 4 is 17.2 Å². The zero-order valence-corrected chi connectivity index (χ0v) is 21.1. The van der Waals surface area contributed by atoms with Gasteiger partial charge in [0, 0.05) is 46.6 Å². The Morgan fingerprint density at radius 1 is 1.24 bits per heavy atom. The normalized spacial score (nSPS) is 33.7. The number of amides is 1. The number of fused-ring (bicyclic) bond motifs is 2. The Bertz CT molecular complexity index is 1020.